The van der Waals surface area contributed by atoms with Crippen molar-refractivity contribution >= 4 is 28.9 Å². The molecular formula is C12H7ClFN3O3. The number of hydrogen-bond donors (Lipinski definition) is 1. The summed E-state index contributed by atoms with van der Waals surface area (Å²) >= 11 is 5.59. The van der Waals surface area contributed by atoms with Gasteiger partial charge in [-0.25, -0.2) is 9.37 Å². The minimum Gasteiger partial charge on any atom is -0.322 e. The molecule has 8 heteroatoms. The molecule has 0 atom stereocenters. The Morgan fingerprint density at radius 2 is 2.10 bits per heavy atom. The number of rotatable bonds is 3. The average molecular weight is 296 g/mol. The number of nitrogens with zero attached hydrogens (tertiary/aromatic N) is 2. The van der Waals surface area contributed by atoms with E-state index >= 15 is 0 Å². The van der Waals surface area contributed by atoms with Gasteiger partial charge in [0.05, 0.1) is 22.2 Å². The molecule has 0 bridgehead atoms. The molecule has 2 rings (SSSR count). The first-order valence-corrected chi connectivity index (χ1v) is 5.71. The predicted octanol–water partition coefficient (Wildman–Crippen LogP) is 3.03. The Bertz CT molecular complexity index is 676. The van der Waals surface area contributed by atoms with Crippen LogP contribution < -0.4 is 5.32 Å². The smallest absolute Gasteiger partial charge is 0.274 e. The zero-order chi connectivity index (χ0) is 14.7. The van der Waals surface area contributed by atoms with Gasteiger partial charge in [0.15, 0.2) is 0 Å². The van der Waals surface area contributed by atoms with Gasteiger partial charge in [0.1, 0.15) is 11.0 Å². The fourth-order valence-corrected chi connectivity index (χ4v) is 1.58. The average Bonchev–Trinajstić information content (AvgIpc) is 2.38. The predicted molar refractivity (Wildman–Crippen MR) is 70.3 cm³/mol. The Kier molecular flexibility index (Phi) is 3.90. The van der Waals surface area contributed by atoms with Crippen molar-refractivity contribution in [2.45, 2.75) is 0 Å². The summed E-state index contributed by atoms with van der Waals surface area (Å²) in [6, 6.07) is 5.65. The van der Waals surface area contributed by atoms with E-state index in [1.807, 2.05) is 0 Å². The van der Waals surface area contributed by atoms with Crippen molar-refractivity contribution in [1.29, 1.82) is 0 Å². The highest BCUT2D eigenvalue weighted by Gasteiger charge is 2.12. The molecule has 1 heterocycles. The highest BCUT2D eigenvalue weighted by atomic mass is 35.5. The van der Waals surface area contributed by atoms with Gasteiger partial charge in [-0.2, -0.15) is 0 Å². The van der Waals surface area contributed by atoms with Crippen LogP contribution in [0.2, 0.25) is 5.15 Å². The van der Waals surface area contributed by atoms with E-state index in [2.05, 4.69) is 10.3 Å². The van der Waals surface area contributed by atoms with Gasteiger partial charge in [-0.15, -0.1) is 0 Å². The van der Waals surface area contributed by atoms with Gasteiger partial charge in [0.25, 0.3) is 11.6 Å². The zero-order valence-electron chi connectivity index (χ0n) is 9.84. The van der Waals surface area contributed by atoms with Gasteiger partial charge >= 0.3 is 0 Å². The maximum Gasteiger partial charge on any atom is 0.274 e. The number of anilines is 1. The van der Waals surface area contributed by atoms with Crippen molar-refractivity contribution in [2.24, 2.45) is 0 Å². The summed E-state index contributed by atoms with van der Waals surface area (Å²) in [5.74, 6) is -1.39. The quantitative estimate of drug-likeness (QED) is 0.536. The summed E-state index contributed by atoms with van der Waals surface area (Å²) in [5.41, 5.74) is -0.271. The molecule has 2 aromatic rings. The van der Waals surface area contributed by atoms with Crippen LogP contribution in [0.4, 0.5) is 15.8 Å². The maximum absolute atomic E-state index is 13.2. The van der Waals surface area contributed by atoms with Crippen LogP contribution in [-0.4, -0.2) is 15.8 Å². The van der Waals surface area contributed by atoms with Gasteiger partial charge < -0.3 is 5.32 Å². The third-order valence-electron chi connectivity index (χ3n) is 2.34. The number of hydrogen-bond acceptors (Lipinski definition) is 4. The number of nitro benzene ring substituents is 1. The first-order chi connectivity index (χ1) is 9.45. The third kappa shape index (κ3) is 3.27. The van der Waals surface area contributed by atoms with E-state index in [9.17, 15) is 19.3 Å². The van der Waals surface area contributed by atoms with Crippen molar-refractivity contribution in [2.75, 3.05) is 5.32 Å². The number of benzene rings is 1. The van der Waals surface area contributed by atoms with Crippen molar-refractivity contribution in [3.05, 3.63) is 63.2 Å². The number of nitrogens with one attached hydrogen (secondary N) is 1. The Morgan fingerprint density at radius 3 is 2.70 bits per heavy atom. The summed E-state index contributed by atoms with van der Waals surface area (Å²) in [6.45, 7) is 0. The highest BCUT2D eigenvalue weighted by Crippen LogP contribution is 2.20. The van der Waals surface area contributed by atoms with Crippen molar-refractivity contribution in [3.63, 3.8) is 0 Å². The lowest BCUT2D eigenvalue weighted by atomic mass is 10.2. The lowest BCUT2D eigenvalue weighted by Gasteiger charge is -2.05. The molecule has 0 saturated carbocycles. The number of carbonyl (C=O) groups is 1. The largest absolute Gasteiger partial charge is 0.322 e. The normalized spacial score (nSPS) is 10.1. The Balaban J connectivity index is 2.23. The first kappa shape index (κ1) is 13.9. The van der Waals surface area contributed by atoms with Gasteiger partial charge in [-0.05, 0) is 18.2 Å². The number of halogens is 2. The lowest BCUT2D eigenvalue weighted by molar-refractivity contribution is -0.385. The summed E-state index contributed by atoms with van der Waals surface area (Å²) in [6.07, 6.45) is 1.24. The number of aromatic nitrogens is 1. The van der Waals surface area contributed by atoms with Gasteiger partial charge in [0.2, 0.25) is 0 Å². The number of carbonyl (C=O) groups excluding carboxylic acids is 1. The molecular weight excluding hydrogens is 289 g/mol. The fourth-order valence-electron chi connectivity index (χ4n) is 1.47. The van der Waals surface area contributed by atoms with Crippen molar-refractivity contribution in [3.8, 4) is 0 Å². The van der Waals surface area contributed by atoms with E-state index in [1.165, 1.54) is 18.3 Å². The molecule has 102 valence electrons. The summed E-state index contributed by atoms with van der Waals surface area (Å²) in [7, 11) is 0. The van der Waals surface area contributed by atoms with Crippen molar-refractivity contribution < 1.29 is 14.1 Å². The summed E-state index contributed by atoms with van der Waals surface area (Å²) in [4.78, 5) is 25.4. The van der Waals surface area contributed by atoms with Crippen LogP contribution in [0.3, 0.4) is 0 Å². The lowest BCUT2D eigenvalue weighted by Crippen LogP contribution is -2.12. The highest BCUT2D eigenvalue weighted by molar-refractivity contribution is 6.29. The maximum atomic E-state index is 13.2. The second-order valence-corrected chi connectivity index (χ2v) is 4.17. The summed E-state index contributed by atoms with van der Waals surface area (Å²) in [5, 5.41) is 13.2. The van der Waals surface area contributed by atoms with E-state index in [4.69, 9.17) is 11.6 Å². The molecule has 0 unspecified atom stereocenters. The van der Waals surface area contributed by atoms with Crippen LogP contribution in [-0.2, 0) is 0 Å². The van der Waals surface area contributed by atoms with Gasteiger partial charge in [-0.3, -0.25) is 14.9 Å². The zero-order valence-corrected chi connectivity index (χ0v) is 10.6. The molecule has 1 N–H and O–H groups in total. The number of non-ortho nitro benzene ring substituents is 1. The Hall–Kier alpha value is -2.54. The van der Waals surface area contributed by atoms with Crippen LogP contribution in [0.15, 0.2) is 36.5 Å². The van der Waals surface area contributed by atoms with E-state index < -0.39 is 22.3 Å². The van der Waals surface area contributed by atoms with Crippen molar-refractivity contribution in [1.82, 2.24) is 4.98 Å². The SMILES string of the molecule is O=C(Nc1cc(F)cc([N+](=O)[O-])c1)c1ccc(Cl)nc1. The van der Waals surface area contributed by atoms with E-state index in [0.29, 0.717) is 0 Å². The minimum atomic E-state index is -0.816. The number of pyridine rings is 1. The Morgan fingerprint density at radius 1 is 1.35 bits per heavy atom. The molecule has 0 radical (unpaired) electrons. The molecule has 1 aromatic heterocycles. The molecule has 6 nitrogen and oxygen atoms in total. The third-order valence-corrected chi connectivity index (χ3v) is 2.56. The molecule has 1 aromatic carbocycles. The van der Waals surface area contributed by atoms with Gasteiger partial charge in [0, 0.05) is 12.3 Å². The van der Waals surface area contributed by atoms with Gasteiger partial charge in [-0.1, -0.05) is 11.6 Å². The van der Waals surface area contributed by atoms with Crippen LogP contribution in [0.5, 0.6) is 0 Å². The molecule has 0 spiro atoms. The first-order valence-electron chi connectivity index (χ1n) is 5.33. The van der Waals surface area contributed by atoms with E-state index in [0.717, 1.165) is 18.2 Å². The molecule has 0 aliphatic heterocycles. The fraction of sp³-hybridized carbons (Fsp3) is 0. The van der Waals surface area contributed by atoms with E-state index in [1.54, 1.807) is 0 Å². The summed E-state index contributed by atoms with van der Waals surface area (Å²) < 4.78 is 13.2. The topological polar surface area (TPSA) is 85.1 Å². The number of amides is 1. The molecule has 20 heavy (non-hydrogen) atoms. The van der Waals surface area contributed by atoms with Crippen LogP contribution in [0, 0.1) is 15.9 Å². The second kappa shape index (κ2) is 5.62. The van der Waals surface area contributed by atoms with E-state index in [-0.39, 0.29) is 16.4 Å². The molecule has 0 fully saturated rings. The molecule has 0 aliphatic rings. The van der Waals surface area contributed by atoms with Crippen LogP contribution in [0.25, 0.3) is 0 Å². The van der Waals surface area contributed by atoms with Crippen LogP contribution >= 0.6 is 11.6 Å². The minimum absolute atomic E-state index is 0.0170. The molecule has 0 saturated heterocycles. The monoisotopic (exact) mass is 295 g/mol. The number of nitro groups is 1. The molecule has 0 aliphatic carbocycles. The second-order valence-electron chi connectivity index (χ2n) is 3.78. The molecule has 1 amide bonds. The standard InChI is InChI=1S/C12H7ClFN3O3/c13-11-2-1-7(6-15-11)12(18)16-9-3-8(14)4-10(5-9)17(19)20/h1-6H,(H,16,18). The van der Waals surface area contributed by atoms with Crippen LogP contribution in [0.1, 0.15) is 10.4 Å². The Labute approximate surface area is 117 Å².